The van der Waals surface area contributed by atoms with Gasteiger partial charge in [-0.15, -0.1) is 0 Å². The van der Waals surface area contributed by atoms with E-state index < -0.39 is 18.1 Å². The number of nitrogens with one attached hydrogen (secondary N) is 2. The Morgan fingerprint density at radius 1 is 0.860 bits per heavy atom. The minimum absolute atomic E-state index is 0.100. The summed E-state index contributed by atoms with van der Waals surface area (Å²) >= 11 is 6.04. The topological polar surface area (TPSA) is 98.8 Å². The molecule has 1 aliphatic rings. The molecule has 1 saturated heterocycles. The summed E-state index contributed by atoms with van der Waals surface area (Å²) in [6.07, 6.45) is 0.606. The molecule has 0 spiro atoms. The Hall–Kier alpha value is -3.91. The zero-order valence-electron chi connectivity index (χ0n) is 25.5. The highest BCUT2D eigenvalue weighted by molar-refractivity contribution is 6.30. The van der Waals surface area contributed by atoms with Crippen LogP contribution in [-0.2, 0) is 32.0 Å². The van der Waals surface area contributed by atoms with Crippen molar-refractivity contribution in [2.24, 2.45) is 5.92 Å². The fraction of sp³-hybridized carbons (Fsp3) is 0.412. The molecule has 1 fully saturated rings. The Balaban J connectivity index is 1.61. The van der Waals surface area contributed by atoms with Gasteiger partial charge in [0.15, 0.2) is 0 Å². The van der Waals surface area contributed by atoms with Crippen molar-refractivity contribution >= 4 is 46.0 Å². The number of rotatable bonds is 10. The number of amides is 4. The van der Waals surface area contributed by atoms with Gasteiger partial charge < -0.3 is 20.4 Å². The van der Waals surface area contributed by atoms with Gasteiger partial charge in [-0.05, 0) is 53.8 Å². The fourth-order valence-electron chi connectivity index (χ4n) is 5.79. The van der Waals surface area contributed by atoms with Crippen molar-refractivity contribution in [2.45, 2.75) is 71.6 Å². The number of fused-ring (bicyclic) bond motifs is 1. The molecule has 0 aromatic heterocycles. The van der Waals surface area contributed by atoms with Gasteiger partial charge in [-0.3, -0.25) is 19.2 Å². The summed E-state index contributed by atoms with van der Waals surface area (Å²) in [6.45, 7) is 9.39. The van der Waals surface area contributed by atoms with Crippen LogP contribution in [0.3, 0.4) is 0 Å². The van der Waals surface area contributed by atoms with Gasteiger partial charge >= 0.3 is 0 Å². The molecule has 4 rings (SSSR count). The van der Waals surface area contributed by atoms with Crippen molar-refractivity contribution < 1.29 is 19.2 Å². The molecular weight excluding hydrogens is 564 g/mol. The lowest BCUT2D eigenvalue weighted by Crippen LogP contribution is -2.67. The molecule has 0 unspecified atom stereocenters. The van der Waals surface area contributed by atoms with E-state index in [4.69, 9.17) is 11.6 Å². The first kappa shape index (κ1) is 32.0. The van der Waals surface area contributed by atoms with E-state index in [1.54, 1.807) is 21.9 Å². The van der Waals surface area contributed by atoms with Gasteiger partial charge in [0.1, 0.15) is 18.1 Å². The van der Waals surface area contributed by atoms with Crippen LogP contribution in [0.5, 0.6) is 0 Å². The van der Waals surface area contributed by atoms with Crippen LogP contribution in [0.1, 0.15) is 45.7 Å². The zero-order chi connectivity index (χ0) is 31.3. The maximum Gasteiger partial charge on any atom is 0.246 e. The summed E-state index contributed by atoms with van der Waals surface area (Å²) in [5, 5.41) is 8.52. The van der Waals surface area contributed by atoms with E-state index >= 15 is 0 Å². The molecular formula is C34H41ClN4O4. The van der Waals surface area contributed by atoms with Crippen molar-refractivity contribution in [2.75, 3.05) is 13.1 Å². The molecule has 1 aliphatic heterocycles. The van der Waals surface area contributed by atoms with E-state index in [0.29, 0.717) is 11.4 Å². The predicted molar refractivity (Wildman–Crippen MR) is 170 cm³/mol. The van der Waals surface area contributed by atoms with E-state index in [1.165, 1.54) is 6.92 Å². The van der Waals surface area contributed by atoms with Crippen LogP contribution < -0.4 is 10.6 Å². The molecule has 3 aromatic rings. The van der Waals surface area contributed by atoms with Crippen LogP contribution in [0.4, 0.5) is 0 Å². The molecule has 4 amide bonds. The van der Waals surface area contributed by atoms with Crippen LogP contribution in [0.2, 0.25) is 5.02 Å². The molecule has 3 atom stereocenters. The molecule has 228 valence electrons. The maximum atomic E-state index is 14.2. The fourth-order valence-corrected chi connectivity index (χ4v) is 5.91. The van der Waals surface area contributed by atoms with Gasteiger partial charge in [-0.1, -0.05) is 80.0 Å². The first-order valence-electron chi connectivity index (χ1n) is 14.8. The van der Waals surface area contributed by atoms with E-state index in [2.05, 4.69) is 16.7 Å². The van der Waals surface area contributed by atoms with Crippen LogP contribution in [0.25, 0.3) is 10.8 Å². The average Bonchev–Trinajstić information content (AvgIpc) is 2.95. The second-order valence-electron chi connectivity index (χ2n) is 11.9. The van der Waals surface area contributed by atoms with Crippen molar-refractivity contribution in [3.8, 4) is 0 Å². The number of benzene rings is 3. The van der Waals surface area contributed by atoms with Crippen molar-refractivity contribution in [3.05, 3.63) is 82.9 Å². The number of carbonyl (C=O) groups excluding carboxylic acids is 4. The third-order valence-electron chi connectivity index (χ3n) is 7.75. The SMILES string of the molecule is CC(=O)N[C@H](Cc1ccc(Cl)cc1)C(=O)N1CCN([C@@H](Cc2ccc3ccccc3c2)C(=O)NC(C)C)C(=O)[C@@H]1C(C)C. The highest BCUT2D eigenvalue weighted by Crippen LogP contribution is 2.25. The smallest absolute Gasteiger partial charge is 0.246 e. The predicted octanol–water partition coefficient (Wildman–Crippen LogP) is 4.37. The van der Waals surface area contributed by atoms with Gasteiger partial charge in [0.2, 0.25) is 23.6 Å². The largest absolute Gasteiger partial charge is 0.352 e. The molecule has 43 heavy (non-hydrogen) atoms. The summed E-state index contributed by atoms with van der Waals surface area (Å²) in [4.78, 5) is 57.1. The van der Waals surface area contributed by atoms with E-state index in [0.717, 1.165) is 21.9 Å². The molecule has 0 aliphatic carbocycles. The number of nitrogens with zero attached hydrogens (tertiary/aromatic N) is 2. The zero-order valence-corrected chi connectivity index (χ0v) is 26.2. The number of halogens is 1. The molecule has 0 radical (unpaired) electrons. The highest BCUT2D eigenvalue weighted by atomic mass is 35.5. The summed E-state index contributed by atoms with van der Waals surface area (Å²) in [6, 6.07) is 18.8. The van der Waals surface area contributed by atoms with E-state index in [-0.39, 0.29) is 55.1 Å². The molecule has 1 heterocycles. The number of piperazine rings is 1. The lowest BCUT2D eigenvalue weighted by atomic mass is 9.93. The van der Waals surface area contributed by atoms with Crippen LogP contribution in [0.15, 0.2) is 66.7 Å². The number of carbonyl (C=O) groups is 4. The number of hydrogen-bond acceptors (Lipinski definition) is 4. The van der Waals surface area contributed by atoms with Crippen molar-refractivity contribution in [3.63, 3.8) is 0 Å². The normalized spacial score (nSPS) is 16.8. The van der Waals surface area contributed by atoms with Gasteiger partial charge in [-0.25, -0.2) is 0 Å². The van der Waals surface area contributed by atoms with Crippen LogP contribution >= 0.6 is 11.6 Å². The Kier molecular flexibility index (Phi) is 10.5. The summed E-state index contributed by atoms with van der Waals surface area (Å²) in [5.74, 6) is -1.37. The third-order valence-corrected chi connectivity index (χ3v) is 8.00. The highest BCUT2D eigenvalue weighted by Gasteiger charge is 2.44. The molecule has 0 saturated carbocycles. The Labute approximate surface area is 258 Å². The lowest BCUT2D eigenvalue weighted by Gasteiger charge is -2.45. The standard InChI is InChI=1S/C34H41ClN4O4/c1-21(2)31-34(43)38(16-17-39(31)33(42)29(37-23(5)40)19-24-11-14-28(35)15-12-24)30(32(41)36-22(3)4)20-25-10-13-26-8-6-7-9-27(26)18-25/h6-15,18,21-22,29-31H,16-17,19-20H2,1-5H3,(H,36,41)(H,37,40)/t29-,30+,31+/m1/s1. The first-order chi connectivity index (χ1) is 20.4. The van der Waals surface area contributed by atoms with Crippen molar-refractivity contribution in [1.29, 1.82) is 0 Å². The number of hydrogen-bond donors (Lipinski definition) is 2. The molecule has 0 bridgehead atoms. The van der Waals surface area contributed by atoms with Crippen LogP contribution in [0, 0.1) is 5.92 Å². The molecule has 9 heteroatoms. The molecule has 2 N–H and O–H groups in total. The van der Waals surface area contributed by atoms with E-state index in [1.807, 2.05) is 76.2 Å². The summed E-state index contributed by atoms with van der Waals surface area (Å²) < 4.78 is 0. The monoisotopic (exact) mass is 604 g/mol. The van der Waals surface area contributed by atoms with Crippen molar-refractivity contribution in [1.82, 2.24) is 20.4 Å². The quantitative estimate of drug-likeness (QED) is 0.359. The third kappa shape index (κ3) is 7.93. The summed E-state index contributed by atoms with van der Waals surface area (Å²) in [5.41, 5.74) is 1.78. The second kappa shape index (κ2) is 14.0. The Morgan fingerprint density at radius 2 is 1.51 bits per heavy atom. The molecule has 8 nitrogen and oxygen atoms in total. The van der Waals surface area contributed by atoms with Gasteiger partial charge in [0.05, 0.1) is 0 Å². The van der Waals surface area contributed by atoms with Gasteiger partial charge in [0.25, 0.3) is 0 Å². The van der Waals surface area contributed by atoms with Gasteiger partial charge in [-0.2, -0.15) is 0 Å². The van der Waals surface area contributed by atoms with Gasteiger partial charge in [0, 0.05) is 43.9 Å². The second-order valence-corrected chi connectivity index (χ2v) is 12.3. The Morgan fingerprint density at radius 3 is 2.14 bits per heavy atom. The summed E-state index contributed by atoms with van der Waals surface area (Å²) in [7, 11) is 0. The van der Waals surface area contributed by atoms with Crippen LogP contribution in [-0.4, -0.2) is 70.7 Å². The van der Waals surface area contributed by atoms with E-state index in [9.17, 15) is 19.2 Å². The lowest BCUT2D eigenvalue weighted by molar-refractivity contribution is -0.159. The Bertz CT molecular complexity index is 1470. The maximum absolute atomic E-state index is 14.2. The minimum atomic E-state index is -0.850. The average molecular weight is 605 g/mol. The molecule has 3 aromatic carbocycles. The minimum Gasteiger partial charge on any atom is -0.352 e. The first-order valence-corrected chi connectivity index (χ1v) is 15.2.